The van der Waals surface area contributed by atoms with Crippen LogP contribution in [0.1, 0.15) is 59.3 Å². The fraction of sp³-hybridized carbons (Fsp3) is 0.913. The molecule has 188 valence electrons. The highest BCUT2D eigenvalue weighted by Gasteiger charge is 2.69. The van der Waals surface area contributed by atoms with Crippen molar-refractivity contribution in [1.29, 1.82) is 0 Å². The van der Waals surface area contributed by atoms with Crippen molar-refractivity contribution in [3.8, 4) is 0 Å². The van der Waals surface area contributed by atoms with E-state index >= 15 is 0 Å². The summed E-state index contributed by atoms with van der Waals surface area (Å²) >= 11 is 0. The molecule has 1 aliphatic carbocycles. The first kappa shape index (κ1) is 24.8. The molecule has 4 heterocycles. The fourth-order valence-electron chi connectivity index (χ4n) is 5.96. The van der Waals surface area contributed by atoms with Gasteiger partial charge in [0.1, 0.15) is 0 Å². The lowest BCUT2D eigenvalue weighted by Crippen LogP contribution is -2.70. The monoisotopic (exact) mass is 471 g/mol. The van der Waals surface area contributed by atoms with Gasteiger partial charge in [-0.15, -0.1) is 0 Å². The zero-order chi connectivity index (χ0) is 23.8. The lowest BCUT2D eigenvalue weighted by atomic mass is 9.58. The van der Waals surface area contributed by atoms with Crippen molar-refractivity contribution in [1.82, 2.24) is 5.32 Å². The maximum Gasteiger partial charge on any atom is 0.308 e. The molecule has 5 rings (SSSR count). The Kier molecular flexibility index (Phi) is 7.33. The van der Waals surface area contributed by atoms with Crippen LogP contribution in [0.5, 0.6) is 0 Å². The minimum atomic E-state index is -0.882. The highest BCUT2D eigenvalue weighted by atomic mass is 17.3. The number of methoxy groups -OCH3 is 2. The van der Waals surface area contributed by atoms with Crippen LogP contribution in [-0.2, 0) is 43.0 Å². The summed E-state index contributed by atoms with van der Waals surface area (Å²) < 4.78 is 28.3. The summed E-state index contributed by atoms with van der Waals surface area (Å²) in [6.07, 6.45) is 1.61. The Balaban J connectivity index is 1.38. The number of carbonyl (C=O) groups is 2. The third-order valence-electron chi connectivity index (χ3n) is 7.89. The van der Waals surface area contributed by atoms with Crippen LogP contribution < -0.4 is 5.32 Å². The molecular weight excluding hydrogens is 434 g/mol. The molecule has 5 fully saturated rings. The van der Waals surface area contributed by atoms with Gasteiger partial charge in [0, 0.05) is 38.9 Å². The molecule has 4 aliphatic heterocycles. The van der Waals surface area contributed by atoms with Crippen molar-refractivity contribution in [2.45, 2.75) is 89.6 Å². The second-order valence-corrected chi connectivity index (χ2v) is 9.97. The van der Waals surface area contributed by atoms with Gasteiger partial charge in [0.2, 0.25) is 18.0 Å². The van der Waals surface area contributed by atoms with Gasteiger partial charge in [-0.25, -0.2) is 9.78 Å². The summed E-state index contributed by atoms with van der Waals surface area (Å²) in [4.78, 5) is 36.5. The Morgan fingerprint density at radius 1 is 1.06 bits per heavy atom. The van der Waals surface area contributed by atoms with E-state index in [4.69, 9.17) is 33.5 Å². The van der Waals surface area contributed by atoms with Crippen LogP contribution >= 0.6 is 0 Å². The van der Waals surface area contributed by atoms with Gasteiger partial charge in [-0.05, 0) is 38.0 Å². The summed E-state index contributed by atoms with van der Waals surface area (Å²) in [5, 5.41) is 2.67. The number of rotatable bonds is 8. The van der Waals surface area contributed by atoms with Crippen LogP contribution in [0.15, 0.2) is 0 Å². The van der Waals surface area contributed by atoms with Crippen LogP contribution in [0.2, 0.25) is 0 Å². The van der Waals surface area contributed by atoms with Gasteiger partial charge in [-0.1, -0.05) is 13.8 Å². The molecular formula is C23H37NO9. The van der Waals surface area contributed by atoms with Gasteiger partial charge in [-0.2, -0.15) is 0 Å². The van der Waals surface area contributed by atoms with Crippen LogP contribution in [0.3, 0.4) is 0 Å². The topological polar surface area (TPSA) is 111 Å². The Bertz CT molecular complexity index is 731. The number of hydrogen-bond donors (Lipinski definition) is 1. The number of nitrogens with one attached hydrogen (secondary N) is 1. The van der Waals surface area contributed by atoms with Crippen molar-refractivity contribution in [3.63, 3.8) is 0 Å². The maximum atomic E-state index is 12.6. The summed E-state index contributed by atoms with van der Waals surface area (Å²) in [6.45, 7) is 6.33. The van der Waals surface area contributed by atoms with Crippen molar-refractivity contribution in [3.05, 3.63) is 0 Å². The standard InChI is InChI=1S/C23H37NO9/c1-13-6-7-16-14(2)20(29-18(26)9-8-17(25)24-12-19(27-4)28-5)30-21-23(16)15(13)10-11-22(3,31-21)32-33-23/h13-16,19-21H,6-12H2,1-5H3,(H,24,25)/t13-,14-,15+,16+,20-,21-,22+,23-/m1/s1. The summed E-state index contributed by atoms with van der Waals surface area (Å²) in [7, 11) is 2.98. The molecule has 0 aromatic carbocycles. The van der Waals surface area contributed by atoms with Gasteiger partial charge in [-0.3, -0.25) is 9.59 Å². The van der Waals surface area contributed by atoms with Crippen molar-refractivity contribution >= 4 is 11.9 Å². The minimum absolute atomic E-state index is 0.00197. The molecule has 10 heteroatoms. The molecule has 1 N–H and O–H groups in total. The molecule has 5 aliphatic rings. The average Bonchev–Trinajstić information content (AvgIpc) is 3.02. The quantitative estimate of drug-likeness (QED) is 0.324. The molecule has 0 radical (unpaired) electrons. The third-order valence-corrected chi connectivity index (χ3v) is 7.89. The largest absolute Gasteiger partial charge is 0.435 e. The molecule has 0 aromatic rings. The molecule has 1 spiro atoms. The Morgan fingerprint density at radius 3 is 2.55 bits per heavy atom. The predicted molar refractivity (Wildman–Crippen MR) is 113 cm³/mol. The lowest BCUT2D eigenvalue weighted by molar-refractivity contribution is -0.576. The number of hydrogen-bond acceptors (Lipinski definition) is 9. The fourth-order valence-corrected chi connectivity index (χ4v) is 5.96. The van der Waals surface area contributed by atoms with E-state index < -0.39 is 36.2 Å². The Morgan fingerprint density at radius 2 is 1.82 bits per heavy atom. The SMILES string of the molecule is COC(CNC(=O)CCC(=O)O[C@@H]1O[C@@H]2O[C@]3(C)CC[C@H]4[C@H](C)CC[C@@H]([C@H]1C)[C@@]24OO3)OC. The molecule has 33 heavy (non-hydrogen) atoms. The van der Waals surface area contributed by atoms with Gasteiger partial charge < -0.3 is 29.0 Å². The first-order chi connectivity index (χ1) is 15.7. The molecule has 4 saturated heterocycles. The van der Waals surface area contributed by atoms with E-state index in [2.05, 4.69) is 12.2 Å². The number of fused-ring (bicyclic) bond motifs is 2. The Labute approximate surface area is 194 Å². The van der Waals surface area contributed by atoms with E-state index in [-0.39, 0.29) is 43.0 Å². The third kappa shape index (κ3) is 4.66. The molecule has 0 aromatic heterocycles. The highest BCUT2D eigenvalue weighted by molar-refractivity contribution is 5.81. The number of esters is 1. The second kappa shape index (κ2) is 9.75. The zero-order valence-electron chi connectivity index (χ0n) is 20.2. The van der Waals surface area contributed by atoms with Crippen LogP contribution in [0.4, 0.5) is 0 Å². The normalized spacial score (nSPS) is 41.9. The van der Waals surface area contributed by atoms with Crippen LogP contribution in [-0.4, -0.2) is 62.9 Å². The summed E-state index contributed by atoms with van der Waals surface area (Å²) in [5.41, 5.74) is -0.699. The van der Waals surface area contributed by atoms with Crippen molar-refractivity contribution < 1.29 is 43.0 Å². The number of carbonyl (C=O) groups excluding carboxylic acids is 2. The molecule has 1 amide bonds. The summed E-state index contributed by atoms with van der Waals surface area (Å²) in [5.74, 6) is -0.982. The van der Waals surface area contributed by atoms with Gasteiger partial charge in [0.15, 0.2) is 18.2 Å². The van der Waals surface area contributed by atoms with E-state index in [9.17, 15) is 9.59 Å². The van der Waals surface area contributed by atoms with Gasteiger partial charge in [0.05, 0.1) is 13.0 Å². The van der Waals surface area contributed by atoms with E-state index in [0.29, 0.717) is 5.92 Å². The molecule has 10 nitrogen and oxygen atoms in total. The Hall–Kier alpha value is -1.30. The first-order valence-corrected chi connectivity index (χ1v) is 11.9. The van der Waals surface area contributed by atoms with E-state index in [1.165, 1.54) is 14.2 Å². The molecule has 2 bridgehead atoms. The van der Waals surface area contributed by atoms with E-state index in [1.54, 1.807) is 0 Å². The smallest absolute Gasteiger partial charge is 0.308 e. The maximum absolute atomic E-state index is 12.6. The molecule has 8 atom stereocenters. The van der Waals surface area contributed by atoms with E-state index in [1.807, 2.05) is 13.8 Å². The van der Waals surface area contributed by atoms with E-state index in [0.717, 1.165) is 25.7 Å². The first-order valence-electron chi connectivity index (χ1n) is 11.9. The van der Waals surface area contributed by atoms with Gasteiger partial charge in [0.25, 0.3) is 0 Å². The summed E-state index contributed by atoms with van der Waals surface area (Å²) in [6, 6.07) is 0. The van der Waals surface area contributed by atoms with Crippen LogP contribution in [0.25, 0.3) is 0 Å². The predicted octanol–water partition coefficient (Wildman–Crippen LogP) is 2.25. The molecule has 1 saturated carbocycles. The van der Waals surface area contributed by atoms with Crippen molar-refractivity contribution in [2.75, 3.05) is 20.8 Å². The van der Waals surface area contributed by atoms with Crippen LogP contribution in [0, 0.1) is 23.7 Å². The van der Waals surface area contributed by atoms with Crippen molar-refractivity contribution in [2.24, 2.45) is 23.7 Å². The van der Waals surface area contributed by atoms with Gasteiger partial charge >= 0.3 is 5.97 Å². The number of ether oxygens (including phenoxy) is 5. The zero-order valence-corrected chi connectivity index (χ0v) is 20.2. The molecule has 0 unspecified atom stereocenters. The average molecular weight is 472 g/mol. The lowest BCUT2D eigenvalue weighted by Gasteiger charge is -2.59. The highest BCUT2D eigenvalue weighted by Crippen LogP contribution is 2.60. The second-order valence-electron chi connectivity index (χ2n) is 9.97. The minimum Gasteiger partial charge on any atom is -0.435 e. The number of amides is 1.